The average Bonchev–Trinajstić information content (AvgIpc) is 2.36. The van der Waals surface area contributed by atoms with Gasteiger partial charge in [0.2, 0.25) is 0 Å². The summed E-state index contributed by atoms with van der Waals surface area (Å²) in [5.74, 6) is 1.20. The van der Waals surface area contributed by atoms with Crippen molar-refractivity contribution in [2.45, 2.75) is 38.8 Å². The smallest absolute Gasteiger partial charge is 0.190 e. The summed E-state index contributed by atoms with van der Waals surface area (Å²) in [5.41, 5.74) is 5.69. The van der Waals surface area contributed by atoms with Crippen molar-refractivity contribution in [1.82, 2.24) is 5.32 Å². The number of allylic oxidation sites excluding steroid dienone is 4. The van der Waals surface area contributed by atoms with E-state index in [4.69, 9.17) is 10.7 Å². The molecule has 3 heteroatoms. The zero-order chi connectivity index (χ0) is 14.8. The monoisotopic (exact) mass is 271 g/mol. The second-order valence-electron chi connectivity index (χ2n) is 6.20. The van der Waals surface area contributed by atoms with Crippen molar-refractivity contribution >= 4 is 5.96 Å². The van der Waals surface area contributed by atoms with Crippen LogP contribution < -0.4 is 11.1 Å². The zero-order valence-corrected chi connectivity index (χ0v) is 12.8. The van der Waals surface area contributed by atoms with Gasteiger partial charge in [0.15, 0.2) is 5.96 Å². The zero-order valence-electron chi connectivity index (χ0n) is 12.8. The summed E-state index contributed by atoms with van der Waals surface area (Å²) in [6.07, 6.45) is 16.8. The molecule has 20 heavy (non-hydrogen) atoms. The number of guanidine groups is 1. The number of nitrogens with zero attached hydrogens (tertiary/aromatic N) is 1. The van der Waals surface area contributed by atoms with Crippen LogP contribution in [0.15, 0.2) is 53.6 Å². The third kappa shape index (κ3) is 2.87. The molecule has 2 aliphatic rings. The van der Waals surface area contributed by atoms with Crippen molar-refractivity contribution in [1.29, 1.82) is 0 Å². The Hall–Kier alpha value is -1.77. The third-order valence-electron chi connectivity index (χ3n) is 4.52. The van der Waals surface area contributed by atoms with Crippen molar-refractivity contribution in [2.75, 3.05) is 0 Å². The molecule has 0 aromatic rings. The van der Waals surface area contributed by atoms with Gasteiger partial charge in [0, 0.05) is 11.8 Å². The Labute approximate surface area is 122 Å². The Kier molecular flexibility index (Phi) is 3.89. The van der Waals surface area contributed by atoms with E-state index >= 15 is 0 Å². The van der Waals surface area contributed by atoms with E-state index < -0.39 is 0 Å². The lowest BCUT2D eigenvalue weighted by atomic mass is 9.83. The molecule has 4 unspecified atom stereocenters. The fraction of sp³-hybridized carbons (Fsp3) is 0.471. The highest BCUT2D eigenvalue weighted by atomic mass is 15.2. The van der Waals surface area contributed by atoms with Gasteiger partial charge in [-0.2, -0.15) is 0 Å². The normalized spacial score (nSPS) is 40.1. The van der Waals surface area contributed by atoms with Crippen molar-refractivity contribution in [3.05, 3.63) is 48.6 Å². The van der Waals surface area contributed by atoms with Crippen LogP contribution >= 0.6 is 0 Å². The van der Waals surface area contributed by atoms with E-state index in [2.05, 4.69) is 69.5 Å². The molecule has 4 atom stereocenters. The third-order valence-corrected chi connectivity index (χ3v) is 4.52. The molecule has 2 aliphatic carbocycles. The highest BCUT2D eigenvalue weighted by molar-refractivity contribution is 5.80. The Bertz CT molecular complexity index is 512. The maximum Gasteiger partial charge on any atom is 0.190 e. The lowest BCUT2D eigenvalue weighted by molar-refractivity contribution is 0.400. The van der Waals surface area contributed by atoms with E-state index in [0.29, 0.717) is 17.8 Å². The minimum atomic E-state index is -0.278. The van der Waals surface area contributed by atoms with Crippen LogP contribution in [0.2, 0.25) is 0 Å². The van der Waals surface area contributed by atoms with E-state index in [1.54, 1.807) is 0 Å². The maximum atomic E-state index is 6.15. The van der Waals surface area contributed by atoms with Crippen molar-refractivity contribution < 1.29 is 0 Å². The number of aliphatic imine (C=N–C) groups is 1. The van der Waals surface area contributed by atoms with E-state index in [1.807, 2.05) is 12.2 Å². The van der Waals surface area contributed by atoms with Crippen LogP contribution in [0.3, 0.4) is 0 Å². The van der Waals surface area contributed by atoms with Gasteiger partial charge in [-0.1, -0.05) is 62.5 Å². The minimum absolute atomic E-state index is 0.184. The molecule has 0 saturated heterocycles. The predicted molar refractivity (Wildman–Crippen MR) is 86.5 cm³/mol. The molecule has 2 rings (SSSR count). The van der Waals surface area contributed by atoms with Gasteiger partial charge in [0.05, 0.1) is 11.1 Å². The summed E-state index contributed by atoms with van der Waals surface area (Å²) < 4.78 is 0. The molecule has 0 spiro atoms. The first-order valence-electron chi connectivity index (χ1n) is 7.21. The van der Waals surface area contributed by atoms with Gasteiger partial charge in [-0.3, -0.25) is 0 Å². The summed E-state index contributed by atoms with van der Waals surface area (Å²) in [4.78, 5) is 4.71. The highest BCUT2D eigenvalue weighted by Gasteiger charge is 2.31. The molecule has 3 N–H and O–H groups in total. The van der Waals surface area contributed by atoms with Crippen molar-refractivity contribution in [3.63, 3.8) is 0 Å². The lowest BCUT2D eigenvalue weighted by Crippen LogP contribution is -2.53. The molecule has 0 saturated carbocycles. The second kappa shape index (κ2) is 5.31. The lowest BCUT2D eigenvalue weighted by Gasteiger charge is -2.36. The van der Waals surface area contributed by atoms with Crippen LogP contribution in [0.5, 0.6) is 0 Å². The largest absolute Gasteiger partial charge is 0.370 e. The Balaban J connectivity index is 2.16. The molecule has 0 radical (unpaired) electrons. The first kappa shape index (κ1) is 14.6. The fourth-order valence-corrected chi connectivity index (χ4v) is 2.52. The van der Waals surface area contributed by atoms with Crippen LogP contribution in [0.1, 0.15) is 27.7 Å². The summed E-state index contributed by atoms with van der Waals surface area (Å²) in [5, 5.41) is 3.37. The number of nitrogens with one attached hydrogen (secondary N) is 1. The Morgan fingerprint density at radius 1 is 1.00 bits per heavy atom. The van der Waals surface area contributed by atoms with Crippen LogP contribution in [0.4, 0.5) is 0 Å². The molecule has 0 heterocycles. The van der Waals surface area contributed by atoms with Gasteiger partial charge >= 0.3 is 0 Å². The number of hydrogen-bond donors (Lipinski definition) is 2. The summed E-state index contributed by atoms with van der Waals surface area (Å²) in [6.45, 7) is 8.58. The second-order valence-corrected chi connectivity index (χ2v) is 6.20. The van der Waals surface area contributed by atoms with E-state index in [9.17, 15) is 0 Å². The topological polar surface area (TPSA) is 50.4 Å². The van der Waals surface area contributed by atoms with E-state index in [-0.39, 0.29) is 11.1 Å². The van der Waals surface area contributed by atoms with Crippen LogP contribution in [0.25, 0.3) is 0 Å². The standard InChI is InChI=1S/C17H25N3/c1-13-9-5-7-11-16(13,3)19-15(18)20-17(4)12-8-6-10-14(17)2/h5-14H,1-4H3,(H3,18,19,20). The van der Waals surface area contributed by atoms with Gasteiger partial charge in [-0.05, 0) is 13.8 Å². The molecule has 0 aliphatic heterocycles. The highest BCUT2D eigenvalue weighted by Crippen LogP contribution is 2.28. The van der Waals surface area contributed by atoms with Gasteiger partial charge in [-0.15, -0.1) is 0 Å². The van der Waals surface area contributed by atoms with Gasteiger partial charge in [0.1, 0.15) is 0 Å². The molecule has 3 nitrogen and oxygen atoms in total. The van der Waals surface area contributed by atoms with Gasteiger partial charge in [0.25, 0.3) is 0 Å². The van der Waals surface area contributed by atoms with Gasteiger partial charge in [-0.25, -0.2) is 4.99 Å². The van der Waals surface area contributed by atoms with E-state index in [1.165, 1.54) is 0 Å². The summed E-state index contributed by atoms with van der Waals surface area (Å²) in [7, 11) is 0. The number of hydrogen-bond acceptors (Lipinski definition) is 1. The molecule has 0 aromatic heterocycles. The summed E-state index contributed by atoms with van der Waals surface area (Å²) >= 11 is 0. The maximum absolute atomic E-state index is 6.15. The molecule has 108 valence electrons. The Morgan fingerprint density at radius 3 is 2.20 bits per heavy atom. The van der Waals surface area contributed by atoms with Gasteiger partial charge < -0.3 is 11.1 Å². The molecular formula is C17H25N3. The van der Waals surface area contributed by atoms with Crippen molar-refractivity contribution in [3.8, 4) is 0 Å². The minimum Gasteiger partial charge on any atom is -0.370 e. The quantitative estimate of drug-likeness (QED) is 0.599. The van der Waals surface area contributed by atoms with Crippen LogP contribution in [0, 0.1) is 11.8 Å². The molecule has 0 amide bonds. The molecule has 0 bridgehead atoms. The number of nitrogens with two attached hydrogens (primary N) is 1. The van der Waals surface area contributed by atoms with Crippen LogP contribution in [-0.2, 0) is 0 Å². The van der Waals surface area contributed by atoms with Crippen molar-refractivity contribution in [2.24, 2.45) is 22.6 Å². The average molecular weight is 271 g/mol. The predicted octanol–water partition coefficient (Wildman–Crippen LogP) is 2.93. The summed E-state index contributed by atoms with van der Waals surface area (Å²) in [6, 6.07) is 0. The fourth-order valence-electron chi connectivity index (χ4n) is 2.52. The van der Waals surface area contributed by atoms with E-state index in [0.717, 1.165) is 0 Å². The van der Waals surface area contributed by atoms with Crippen LogP contribution in [-0.4, -0.2) is 17.0 Å². The molecule has 0 aromatic carbocycles. The SMILES string of the molecule is CC1C=CC=CC1(C)N=C(N)NC1(C)C=CC=CC1C. The first-order chi connectivity index (χ1) is 9.36. The number of rotatable bonds is 2. The molecular weight excluding hydrogens is 246 g/mol. The first-order valence-corrected chi connectivity index (χ1v) is 7.21. The Morgan fingerprint density at radius 2 is 1.60 bits per heavy atom. The molecule has 0 fully saturated rings.